The Kier molecular flexibility index (Phi) is 5.06. The van der Waals surface area contributed by atoms with Gasteiger partial charge in [0, 0.05) is 22.3 Å². The van der Waals surface area contributed by atoms with Gasteiger partial charge in [0.1, 0.15) is 0 Å². The first kappa shape index (κ1) is 18.1. The maximum atomic E-state index is 12.9. The molecule has 6 heteroatoms. The largest absolute Gasteiger partial charge is 0.511 e. The normalized spacial score (nSPS) is 18.0. The van der Waals surface area contributed by atoms with Crippen LogP contribution in [0.5, 0.6) is 0 Å². The van der Waals surface area contributed by atoms with Crippen molar-refractivity contribution in [2.45, 2.75) is 32.5 Å². The monoisotopic (exact) mass is 356 g/mol. The molecule has 0 spiro atoms. The second-order valence-corrected chi connectivity index (χ2v) is 6.19. The Labute approximate surface area is 151 Å². The van der Waals surface area contributed by atoms with Crippen molar-refractivity contribution in [3.63, 3.8) is 0 Å². The molecule has 1 aliphatic rings. The predicted molar refractivity (Wildman–Crippen MR) is 92.9 cm³/mol. The summed E-state index contributed by atoms with van der Waals surface area (Å²) in [6.45, 7) is 4.00. The quantitative estimate of drug-likeness (QED) is 0.284. The van der Waals surface area contributed by atoms with Crippen molar-refractivity contribution in [1.82, 2.24) is 0 Å². The number of hydrogen-bond acceptors (Lipinski definition) is 6. The summed E-state index contributed by atoms with van der Waals surface area (Å²) in [6, 6.07) is 11.6. The number of carbonyl (C=O) groups is 2. The minimum absolute atomic E-state index is 0.193. The van der Waals surface area contributed by atoms with Gasteiger partial charge in [-0.05, 0) is 19.4 Å². The first-order valence-corrected chi connectivity index (χ1v) is 8.47. The van der Waals surface area contributed by atoms with E-state index in [-0.39, 0.29) is 23.5 Å². The summed E-state index contributed by atoms with van der Waals surface area (Å²) in [7, 11) is 0. The van der Waals surface area contributed by atoms with Crippen molar-refractivity contribution < 1.29 is 29.2 Å². The molecule has 0 aliphatic heterocycles. The van der Waals surface area contributed by atoms with E-state index in [1.807, 2.05) is 13.8 Å². The molecule has 2 aromatic rings. The lowest BCUT2D eigenvalue weighted by atomic mass is 9.80. The Morgan fingerprint density at radius 2 is 1.85 bits per heavy atom. The van der Waals surface area contributed by atoms with Crippen LogP contribution in [0.15, 0.2) is 42.5 Å². The zero-order valence-corrected chi connectivity index (χ0v) is 14.7. The third-order valence-corrected chi connectivity index (χ3v) is 4.37. The summed E-state index contributed by atoms with van der Waals surface area (Å²) in [5.74, 6) is -2.19. The van der Waals surface area contributed by atoms with Crippen LogP contribution in [0.3, 0.4) is 0 Å². The van der Waals surface area contributed by atoms with Gasteiger partial charge in [-0.1, -0.05) is 55.3 Å². The number of hydrogen-bond donors (Lipinski definition) is 1. The molecule has 1 aliphatic carbocycles. The van der Waals surface area contributed by atoms with Crippen molar-refractivity contribution in [2.75, 3.05) is 6.61 Å². The molecule has 0 amide bonds. The standard InChI is InChI=1S/C20H20O6/c1-3-4-11-24-19(22)25-20(26-23)16-8-6-5-7-14(16)18(21)15-12-13(2)9-10-17(15)20/h5-10,12,23H,3-4,11H2,1-2H3. The molecule has 0 radical (unpaired) electrons. The molecule has 1 N–H and O–H groups in total. The minimum atomic E-state index is -1.96. The number of rotatable bonds is 5. The number of ether oxygens (including phenoxy) is 2. The van der Waals surface area contributed by atoms with Crippen molar-refractivity contribution in [2.24, 2.45) is 0 Å². The van der Waals surface area contributed by atoms with Gasteiger partial charge in [-0.25, -0.2) is 10.1 Å². The summed E-state index contributed by atoms with van der Waals surface area (Å²) in [6.07, 6.45) is 0.560. The number of fused-ring (bicyclic) bond motifs is 2. The highest BCUT2D eigenvalue weighted by Crippen LogP contribution is 2.43. The number of ketones is 1. The average molecular weight is 356 g/mol. The molecule has 0 fully saturated rings. The highest BCUT2D eigenvalue weighted by atomic mass is 17.2. The molecule has 0 heterocycles. The summed E-state index contributed by atoms with van der Waals surface area (Å²) >= 11 is 0. The molecule has 1 atom stereocenters. The lowest BCUT2D eigenvalue weighted by molar-refractivity contribution is -0.383. The Bertz CT molecular complexity index is 844. The van der Waals surface area contributed by atoms with E-state index in [9.17, 15) is 14.8 Å². The summed E-state index contributed by atoms with van der Waals surface area (Å²) in [5.41, 5.74) is 1.95. The van der Waals surface area contributed by atoms with Crippen molar-refractivity contribution in [1.29, 1.82) is 0 Å². The number of aryl methyl sites for hydroxylation is 1. The van der Waals surface area contributed by atoms with Crippen LogP contribution in [-0.4, -0.2) is 23.8 Å². The first-order chi connectivity index (χ1) is 12.5. The van der Waals surface area contributed by atoms with Gasteiger partial charge < -0.3 is 9.47 Å². The summed E-state index contributed by atoms with van der Waals surface area (Å²) < 4.78 is 10.5. The van der Waals surface area contributed by atoms with Crippen LogP contribution in [0, 0.1) is 6.92 Å². The number of unbranched alkanes of at least 4 members (excludes halogenated alkanes) is 1. The fourth-order valence-corrected chi connectivity index (χ4v) is 3.06. The maximum Gasteiger partial charge on any atom is 0.511 e. The third-order valence-electron chi connectivity index (χ3n) is 4.37. The zero-order valence-electron chi connectivity index (χ0n) is 14.7. The Morgan fingerprint density at radius 1 is 1.12 bits per heavy atom. The van der Waals surface area contributed by atoms with Gasteiger partial charge in [0.05, 0.1) is 6.61 Å². The number of benzene rings is 2. The van der Waals surface area contributed by atoms with Crippen LogP contribution in [0.1, 0.15) is 52.4 Å². The molecule has 3 rings (SSSR count). The minimum Gasteiger partial charge on any atom is -0.434 e. The molecule has 0 aromatic heterocycles. The van der Waals surface area contributed by atoms with Crippen LogP contribution >= 0.6 is 0 Å². The van der Waals surface area contributed by atoms with Gasteiger partial charge in [0.25, 0.3) is 0 Å². The molecule has 0 saturated heterocycles. The van der Waals surface area contributed by atoms with E-state index in [4.69, 9.17) is 14.4 Å². The predicted octanol–water partition coefficient (Wildman–Crippen LogP) is 4.18. The maximum absolute atomic E-state index is 12.9. The lowest BCUT2D eigenvalue weighted by Crippen LogP contribution is -2.42. The van der Waals surface area contributed by atoms with Gasteiger partial charge >= 0.3 is 11.9 Å². The van der Waals surface area contributed by atoms with Gasteiger partial charge in [-0.3, -0.25) is 4.79 Å². The zero-order chi connectivity index (χ0) is 18.7. The second-order valence-electron chi connectivity index (χ2n) is 6.19. The van der Waals surface area contributed by atoms with Crippen LogP contribution < -0.4 is 0 Å². The van der Waals surface area contributed by atoms with Gasteiger partial charge in [-0.2, -0.15) is 4.89 Å². The van der Waals surface area contributed by atoms with Crippen molar-refractivity contribution >= 4 is 11.9 Å². The molecular weight excluding hydrogens is 336 g/mol. The van der Waals surface area contributed by atoms with Gasteiger partial charge in [-0.15, -0.1) is 0 Å². The van der Waals surface area contributed by atoms with Crippen LogP contribution in [0.25, 0.3) is 0 Å². The van der Waals surface area contributed by atoms with Gasteiger partial charge in [0.15, 0.2) is 5.78 Å². The molecule has 26 heavy (non-hydrogen) atoms. The van der Waals surface area contributed by atoms with Crippen LogP contribution in [-0.2, 0) is 20.1 Å². The molecule has 0 bridgehead atoms. The molecule has 6 nitrogen and oxygen atoms in total. The van der Waals surface area contributed by atoms with E-state index in [0.717, 1.165) is 12.0 Å². The van der Waals surface area contributed by atoms with E-state index in [1.165, 1.54) is 0 Å². The van der Waals surface area contributed by atoms with Crippen molar-refractivity contribution in [3.8, 4) is 0 Å². The molecule has 0 saturated carbocycles. The summed E-state index contributed by atoms with van der Waals surface area (Å²) in [5, 5.41) is 9.77. The molecule has 2 aromatic carbocycles. The molecular formula is C20H20O6. The summed E-state index contributed by atoms with van der Waals surface area (Å²) in [4.78, 5) is 29.8. The topological polar surface area (TPSA) is 82.1 Å². The highest BCUT2D eigenvalue weighted by Gasteiger charge is 2.49. The van der Waals surface area contributed by atoms with E-state index in [0.29, 0.717) is 17.5 Å². The first-order valence-electron chi connectivity index (χ1n) is 8.47. The Balaban J connectivity index is 2.10. The SMILES string of the molecule is CCCCOC(=O)OC1(OO)c2ccccc2C(=O)c2cc(C)ccc21. The average Bonchev–Trinajstić information content (AvgIpc) is 2.65. The molecule has 1 unspecified atom stereocenters. The lowest BCUT2D eigenvalue weighted by Gasteiger charge is -2.35. The van der Waals surface area contributed by atoms with E-state index in [2.05, 4.69) is 0 Å². The van der Waals surface area contributed by atoms with Crippen LogP contribution in [0.4, 0.5) is 4.79 Å². The van der Waals surface area contributed by atoms with E-state index < -0.39 is 11.9 Å². The number of carbonyl (C=O) groups excluding carboxylic acids is 2. The third kappa shape index (κ3) is 2.98. The fourth-order valence-electron chi connectivity index (χ4n) is 3.06. The van der Waals surface area contributed by atoms with E-state index >= 15 is 0 Å². The fraction of sp³-hybridized carbons (Fsp3) is 0.300. The van der Waals surface area contributed by atoms with E-state index in [1.54, 1.807) is 42.5 Å². The smallest absolute Gasteiger partial charge is 0.434 e. The molecule has 136 valence electrons. The highest BCUT2D eigenvalue weighted by molar-refractivity contribution is 6.13. The van der Waals surface area contributed by atoms with Crippen molar-refractivity contribution in [3.05, 3.63) is 70.3 Å². The Morgan fingerprint density at radius 3 is 2.58 bits per heavy atom. The van der Waals surface area contributed by atoms with Gasteiger partial charge in [0.2, 0.25) is 0 Å². The Hall–Kier alpha value is -2.70. The van der Waals surface area contributed by atoms with Crippen LogP contribution in [0.2, 0.25) is 0 Å². The second kappa shape index (κ2) is 7.27.